The van der Waals surface area contributed by atoms with Gasteiger partial charge in [0, 0.05) is 24.4 Å². The predicted octanol–water partition coefficient (Wildman–Crippen LogP) is 3.12. The molecule has 1 aromatic heterocycles. The van der Waals surface area contributed by atoms with Gasteiger partial charge in [-0.15, -0.1) is 11.3 Å². The van der Waals surface area contributed by atoms with Crippen LogP contribution in [0.2, 0.25) is 0 Å². The van der Waals surface area contributed by atoms with Gasteiger partial charge in [-0.1, -0.05) is 13.8 Å². The summed E-state index contributed by atoms with van der Waals surface area (Å²) < 4.78 is 4.67. The zero-order valence-electron chi connectivity index (χ0n) is 12.8. The van der Waals surface area contributed by atoms with Crippen LogP contribution in [0.15, 0.2) is 5.38 Å². The zero-order chi connectivity index (χ0) is 14.7. The van der Waals surface area contributed by atoms with Crippen LogP contribution in [0.25, 0.3) is 0 Å². The van der Waals surface area contributed by atoms with E-state index >= 15 is 0 Å². The molecule has 1 fully saturated rings. The lowest BCUT2D eigenvalue weighted by molar-refractivity contribution is -0.140. The van der Waals surface area contributed by atoms with Gasteiger partial charge in [0.15, 0.2) is 5.13 Å². The lowest BCUT2D eigenvalue weighted by atomic mass is 9.86. The Morgan fingerprint density at radius 2 is 2.25 bits per heavy atom. The molecule has 0 aliphatic carbocycles. The van der Waals surface area contributed by atoms with Crippen molar-refractivity contribution in [2.24, 2.45) is 11.8 Å². The Balaban J connectivity index is 2.02. The molecule has 5 heteroatoms. The number of rotatable bonds is 4. The summed E-state index contributed by atoms with van der Waals surface area (Å²) in [6.45, 7) is 7.99. The van der Waals surface area contributed by atoms with Gasteiger partial charge in [0.2, 0.25) is 0 Å². The summed E-state index contributed by atoms with van der Waals surface area (Å²) in [5.41, 5.74) is 0.994. The highest BCUT2D eigenvalue weighted by Gasteiger charge is 2.30. The minimum Gasteiger partial charge on any atom is -0.469 e. The molecule has 1 aliphatic heterocycles. The van der Waals surface area contributed by atoms with Gasteiger partial charge in [0.25, 0.3) is 0 Å². The van der Waals surface area contributed by atoms with Crippen molar-refractivity contribution >= 4 is 22.4 Å². The summed E-state index contributed by atoms with van der Waals surface area (Å²) in [7, 11) is 1.42. The fourth-order valence-electron chi connectivity index (χ4n) is 2.84. The normalized spacial score (nSPS) is 26.6. The second kappa shape index (κ2) is 6.57. The molecular formula is C15H24N2O2S. The summed E-state index contributed by atoms with van der Waals surface area (Å²) >= 11 is 1.69. The Hall–Kier alpha value is -1.10. The maximum absolute atomic E-state index is 11.2. The van der Waals surface area contributed by atoms with Gasteiger partial charge in [-0.05, 0) is 25.2 Å². The van der Waals surface area contributed by atoms with Crippen molar-refractivity contribution in [1.82, 2.24) is 4.98 Å². The number of methoxy groups -OCH3 is 1. The number of anilines is 1. The number of hydrogen-bond donors (Lipinski definition) is 0. The Labute approximate surface area is 125 Å². The summed E-state index contributed by atoms with van der Waals surface area (Å²) in [4.78, 5) is 18.3. The average molecular weight is 296 g/mol. The first-order valence-electron chi connectivity index (χ1n) is 7.29. The highest BCUT2D eigenvalue weighted by molar-refractivity contribution is 7.13. The van der Waals surface area contributed by atoms with Crippen LogP contribution in [0.4, 0.5) is 5.13 Å². The summed E-state index contributed by atoms with van der Waals surface area (Å²) in [5.74, 6) is 1.23. The van der Waals surface area contributed by atoms with Crippen molar-refractivity contribution in [2.45, 2.75) is 46.1 Å². The topological polar surface area (TPSA) is 42.4 Å². The number of carbonyl (C=O) groups is 1. The molecule has 20 heavy (non-hydrogen) atoms. The van der Waals surface area contributed by atoms with Crippen LogP contribution >= 0.6 is 11.3 Å². The molecule has 4 nitrogen and oxygen atoms in total. The molecule has 1 aliphatic rings. The number of aryl methyl sites for hydroxylation is 1. The van der Waals surface area contributed by atoms with E-state index in [1.165, 1.54) is 13.5 Å². The molecule has 3 unspecified atom stereocenters. The second-order valence-electron chi connectivity index (χ2n) is 5.91. The first-order chi connectivity index (χ1) is 9.51. The van der Waals surface area contributed by atoms with E-state index in [-0.39, 0.29) is 5.97 Å². The maximum atomic E-state index is 11.2. The smallest absolute Gasteiger partial charge is 0.305 e. The molecule has 0 aromatic carbocycles. The van der Waals surface area contributed by atoms with E-state index in [2.05, 4.69) is 35.8 Å². The van der Waals surface area contributed by atoms with Crippen LogP contribution in [0.1, 0.15) is 39.3 Å². The minimum atomic E-state index is -0.173. The van der Waals surface area contributed by atoms with E-state index in [0.717, 1.165) is 17.4 Å². The fraction of sp³-hybridized carbons (Fsp3) is 0.733. The lowest BCUT2D eigenvalue weighted by Crippen LogP contribution is -2.45. The number of hydrogen-bond acceptors (Lipinski definition) is 5. The number of thiazole rings is 1. The van der Waals surface area contributed by atoms with Gasteiger partial charge in [0.05, 0.1) is 19.2 Å². The van der Waals surface area contributed by atoms with Crippen LogP contribution in [0.5, 0.6) is 0 Å². The summed E-state index contributed by atoms with van der Waals surface area (Å²) in [6, 6.07) is 0.533. The zero-order valence-corrected chi connectivity index (χ0v) is 13.6. The van der Waals surface area contributed by atoms with E-state index in [4.69, 9.17) is 4.98 Å². The Kier molecular flexibility index (Phi) is 5.02. The maximum Gasteiger partial charge on any atom is 0.305 e. The van der Waals surface area contributed by atoms with Crippen molar-refractivity contribution in [3.8, 4) is 0 Å². The van der Waals surface area contributed by atoms with Crippen molar-refractivity contribution in [1.29, 1.82) is 0 Å². The van der Waals surface area contributed by atoms with Crippen molar-refractivity contribution in [3.63, 3.8) is 0 Å². The van der Waals surface area contributed by atoms with E-state index < -0.39 is 0 Å². The average Bonchev–Trinajstić information content (AvgIpc) is 2.88. The quantitative estimate of drug-likeness (QED) is 0.801. The molecule has 0 bridgehead atoms. The highest BCUT2D eigenvalue weighted by Crippen LogP contribution is 2.33. The summed E-state index contributed by atoms with van der Waals surface area (Å²) in [6.07, 6.45) is 2.36. The number of nitrogens with zero attached hydrogens (tertiary/aromatic N) is 2. The van der Waals surface area contributed by atoms with Crippen LogP contribution in [0.3, 0.4) is 0 Å². The number of ether oxygens (including phenoxy) is 1. The molecule has 3 atom stereocenters. The van der Waals surface area contributed by atoms with Gasteiger partial charge in [-0.25, -0.2) is 4.98 Å². The largest absolute Gasteiger partial charge is 0.469 e. The first-order valence-corrected chi connectivity index (χ1v) is 8.17. The number of aromatic nitrogens is 1. The third-order valence-corrected chi connectivity index (χ3v) is 5.12. The van der Waals surface area contributed by atoms with Crippen LogP contribution < -0.4 is 4.90 Å². The molecule has 2 rings (SSSR count). The molecular weight excluding hydrogens is 272 g/mol. The third kappa shape index (κ3) is 3.51. The van der Waals surface area contributed by atoms with Gasteiger partial charge in [-0.2, -0.15) is 0 Å². The lowest BCUT2D eigenvalue weighted by Gasteiger charge is -2.41. The molecule has 1 aromatic rings. The van der Waals surface area contributed by atoms with Gasteiger partial charge in [-0.3, -0.25) is 4.79 Å². The Morgan fingerprint density at radius 1 is 1.50 bits per heavy atom. The van der Waals surface area contributed by atoms with Gasteiger partial charge in [0.1, 0.15) is 0 Å². The predicted molar refractivity (Wildman–Crippen MR) is 82.2 cm³/mol. The highest BCUT2D eigenvalue weighted by atomic mass is 32.1. The van der Waals surface area contributed by atoms with E-state index in [1.54, 1.807) is 11.3 Å². The van der Waals surface area contributed by atoms with Crippen LogP contribution in [-0.2, 0) is 16.0 Å². The van der Waals surface area contributed by atoms with E-state index in [9.17, 15) is 4.79 Å². The first kappa shape index (κ1) is 15.3. The van der Waals surface area contributed by atoms with Crippen molar-refractivity contribution in [3.05, 3.63) is 11.1 Å². The standard InChI is InChI=1S/C15H24N2O2S/c1-10-7-11(2)12(3)17(8-10)15-16-13(9-20-15)5-6-14(18)19-4/h9-12H,5-8H2,1-4H3. The molecule has 0 spiro atoms. The monoisotopic (exact) mass is 296 g/mol. The van der Waals surface area contributed by atoms with E-state index in [1.807, 2.05) is 0 Å². The third-order valence-electron chi connectivity index (χ3n) is 4.20. The van der Waals surface area contributed by atoms with E-state index in [0.29, 0.717) is 30.7 Å². The molecule has 0 saturated carbocycles. The Morgan fingerprint density at radius 3 is 2.95 bits per heavy atom. The summed E-state index contributed by atoms with van der Waals surface area (Å²) in [5, 5.41) is 3.16. The molecule has 112 valence electrons. The van der Waals surface area contributed by atoms with Crippen LogP contribution in [-0.4, -0.2) is 30.6 Å². The fourth-order valence-corrected chi connectivity index (χ4v) is 3.80. The second-order valence-corrected chi connectivity index (χ2v) is 6.75. The Bertz CT molecular complexity index is 460. The molecule has 0 N–H and O–H groups in total. The number of carbonyl (C=O) groups excluding carboxylic acids is 1. The molecule has 1 saturated heterocycles. The van der Waals surface area contributed by atoms with Crippen molar-refractivity contribution in [2.75, 3.05) is 18.6 Å². The minimum absolute atomic E-state index is 0.173. The SMILES string of the molecule is COC(=O)CCc1csc(N2CC(C)CC(C)C2C)n1. The number of esters is 1. The van der Waals surface area contributed by atoms with Crippen LogP contribution in [0, 0.1) is 11.8 Å². The molecule has 0 amide bonds. The molecule has 0 radical (unpaired) electrons. The molecule has 2 heterocycles. The number of piperidine rings is 1. The van der Waals surface area contributed by atoms with Crippen molar-refractivity contribution < 1.29 is 9.53 Å². The van der Waals surface area contributed by atoms with Gasteiger partial charge < -0.3 is 9.64 Å². The van der Waals surface area contributed by atoms with Gasteiger partial charge >= 0.3 is 5.97 Å².